The van der Waals surface area contributed by atoms with Gasteiger partial charge in [0.25, 0.3) is 5.97 Å². The second-order valence-electron chi connectivity index (χ2n) is 3.39. The quantitative estimate of drug-likeness (QED) is 0.456. The van der Waals surface area contributed by atoms with Gasteiger partial charge in [0.1, 0.15) is 0 Å². The molecule has 0 aromatic rings. The number of carbonyl (C=O) groups is 4. The van der Waals surface area contributed by atoms with Crippen molar-refractivity contribution in [2.24, 2.45) is 0 Å². The molecule has 0 saturated carbocycles. The fourth-order valence-corrected chi connectivity index (χ4v) is 0.742. The second-order valence-corrected chi connectivity index (χ2v) is 3.39. The molecule has 117 valence electrons. The maximum atomic E-state index is 10.1. The maximum Gasteiger partial charge on any atom is 2.00 e. The average molecular weight is 338 g/mol. The molecule has 20 heavy (non-hydrogen) atoms. The minimum absolute atomic E-state index is 0. The standard InChI is InChI=1S/C6H9NO6.C3H6NO2.Co/c8-4(9)1-7(2-5(10)11)3-6(12)13;1-2(4)3(5)6;/h1-3H2,(H,8,9)(H,10,11)(H,12,13);2,4H,1H3,(H,5,6);/q;-1;+2. The van der Waals surface area contributed by atoms with Crippen LogP contribution in [0.5, 0.6) is 0 Å². The van der Waals surface area contributed by atoms with Gasteiger partial charge in [0.2, 0.25) is 0 Å². The molecule has 0 rings (SSSR count). The van der Waals surface area contributed by atoms with E-state index in [4.69, 9.17) is 26.2 Å². The predicted octanol–water partition coefficient (Wildman–Crippen LogP) is -0.949. The Balaban J connectivity index is -0.000000352. The van der Waals surface area contributed by atoms with Crippen LogP contribution in [0.25, 0.3) is 5.73 Å². The van der Waals surface area contributed by atoms with E-state index in [1.807, 2.05) is 0 Å². The van der Waals surface area contributed by atoms with Gasteiger partial charge in [-0.25, -0.2) is 0 Å². The van der Waals surface area contributed by atoms with E-state index in [0.29, 0.717) is 0 Å². The Kier molecular flexibility index (Phi) is 14.4. The number of aliphatic carboxylic acids is 4. The van der Waals surface area contributed by atoms with Gasteiger partial charge in [0, 0.05) is 0 Å². The van der Waals surface area contributed by atoms with Crippen LogP contribution in [0, 0.1) is 0 Å². The Hall–Kier alpha value is -1.69. The molecule has 0 fully saturated rings. The van der Waals surface area contributed by atoms with Crippen molar-refractivity contribution < 1.29 is 56.4 Å². The summed E-state index contributed by atoms with van der Waals surface area (Å²) < 4.78 is 0. The number of hydrogen-bond acceptors (Lipinski definition) is 5. The third-order valence-electron chi connectivity index (χ3n) is 1.45. The van der Waals surface area contributed by atoms with Crippen LogP contribution < -0.4 is 0 Å². The molecule has 1 radical (unpaired) electrons. The molecule has 11 heteroatoms. The summed E-state index contributed by atoms with van der Waals surface area (Å²) in [6.07, 6.45) is 0. The van der Waals surface area contributed by atoms with Crippen molar-refractivity contribution in [3.8, 4) is 0 Å². The van der Waals surface area contributed by atoms with Crippen molar-refractivity contribution in [2.75, 3.05) is 19.6 Å². The zero-order valence-electron chi connectivity index (χ0n) is 10.4. The number of carboxylic acids is 4. The van der Waals surface area contributed by atoms with E-state index in [1.165, 1.54) is 6.92 Å². The molecule has 0 heterocycles. The topological polar surface area (TPSA) is 176 Å². The molecule has 0 aliphatic heterocycles. The van der Waals surface area contributed by atoms with Crippen LogP contribution in [0.3, 0.4) is 0 Å². The van der Waals surface area contributed by atoms with Crippen LogP contribution >= 0.6 is 0 Å². The van der Waals surface area contributed by atoms with Crippen molar-refractivity contribution in [3.05, 3.63) is 5.73 Å². The molecule has 0 aromatic heterocycles. The van der Waals surface area contributed by atoms with Crippen LogP contribution in [0.2, 0.25) is 0 Å². The molecule has 0 aromatic carbocycles. The summed E-state index contributed by atoms with van der Waals surface area (Å²) in [5.41, 5.74) is 6.43. The molecule has 10 nitrogen and oxygen atoms in total. The van der Waals surface area contributed by atoms with Gasteiger partial charge in [-0.2, -0.15) is 0 Å². The number of carboxylic acid groups (broad SMARTS) is 4. The first-order valence-electron chi connectivity index (χ1n) is 4.87. The second kappa shape index (κ2) is 12.3. The number of hydrogen-bond donors (Lipinski definition) is 4. The van der Waals surface area contributed by atoms with Crippen LogP contribution in [-0.4, -0.2) is 74.9 Å². The third kappa shape index (κ3) is 18.7. The molecule has 0 aliphatic carbocycles. The van der Waals surface area contributed by atoms with E-state index in [9.17, 15) is 19.2 Å². The van der Waals surface area contributed by atoms with E-state index in [1.54, 1.807) is 0 Å². The van der Waals surface area contributed by atoms with Crippen molar-refractivity contribution in [3.63, 3.8) is 0 Å². The summed E-state index contributed by atoms with van der Waals surface area (Å²) in [7, 11) is 0. The molecule has 0 amide bonds. The van der Waals surface area contributed by atoms with E-state index in [2.05, 4.69) is 0 Å². The first-order valence-corrected chi connectivity index (χ1v) is 4.87. The summed E-state index contributed by atoms with van der Waals surface area (Å²) in [6, 6.07) is -0.981. The number of rotatable bonds is 7. The van der Waals surface area contributed by atoms with Crippen molar-refractivity contribution >= 4 is 23.9 Å². The monoisotopic (exact) mass is 338 g/mol. The predicted molar refractivity (Wildman–Crippen MR) is 60.8 cm³/mol. The van der Waals surface area contributed by atoms with Crippen LogP contribution in [0.4, 0.5) is 0 Å². The molecule has 0 spiro atoms. The zero-order valence-corrected chi connectivity index (χ0v) is 11.4. The van der Waals surface area contributed by atoms with Gasteiger partial charge in [-0.05, 0) is 6.04 Å². The fourth-order valence-electron chi connectivity index (χ4n) is 0.742. The minimum atomic E-state index is -1.26. The Morgan fingerprint density at radius 2 is 1.10 bits per heavy atom. The normalized spacial score (nSPS) is 10.6. The fraction of sp³-hybridized carbons (Fsp3) is 0.556. The van der Waals surface area contributed by atoms with Crippen LogP contribution in [0.1, 0.15) is 6.92 Å². The van der Waals surface area contributed by atoms with E-state index < -0.39 is 49.6 Å². The van der Waals surface area contributed by atoms with E-state index in [-0.39, 0.29) is 16.8 Å². The molecular formula is C9H15CoN2O8+. The van der Waals surface area contributed by atoms with Gasteiger partial charge in [0.15, 0.2) is 0 Å². The first kappa shape index (κ1) is 23.4. The summed E-state index contributed by atoms with van der Waals surface area (Å²) >= 11 is 0. The van der Waals surface area contributed by atoms with Crippen molar-refractivity contribution in [2.45, 2.75) is 13.0 Å². The number of nitrogens with one attached hydrogen (secondary N) is 1. The van der Waals surface area contributed by atoms with Crippen LogP contribution in [0.15, 0.2) is 0 Å². The number of nitrogens with zero attached hydrogens (tertiary/aromatic N) is 1. The van der Waals surface area contributed by atoms with E-state index in [0.717, 1.165) is 4.90 Å². The average Bonchev–Trinajstić information content (AvgIpc) is 2.14. The Morgan fingerprint density at radius 1 is 0.900 bits per heavy atom. The Morgan fingerprint density at radius 3 is 1.20 bits per heavy atom. The first-order chi connectivity index (χ1) is 8.56. The van der Waals surface area contributed by atoms with Crippen LogP contribution in [-0.2, 0) is 36.0 Å². The Labute approximate surface area is 124 Å². The van der Waals surface area contributed by atoms with Gasteiger partial charge in [-0.15, -0.1) is 0 Å². The summed E-state index contributed by atoms with van der Waals surface area (Å²) in [4.78, 5) is 40.7. The zero-order chi connectivity index (χ0) is 15.6. The molecular weight excluding hydrogens is 323 g/mol. The molecule has 1 unspecified atom stereocenters. The minimum Gasteiger partial charge on any atom is -0.666 e. The van der Waals surface area contributed by atoms with Gasteiger partial charge in [-0.1, -0.05) is 6.92 Å². The van der Waals surface area contributed by atoms with Gasteiger partial charge < -0.3 is 26.2 Å². The van der Waals surface area contributed by atoms with Gasteiger partial charge in [0.05, 0.1) is 19.6 Å². The summed E-state index contributed by atoms with van der Waals surface area (Å²) in [6.45, 7) is -0.488. The molecule has 5 N–H and O–H groups in total. The summed E-state index contributed by atoms with van der Waals surface area (Å²) in [5, 5.41) is 32.6. The maximum absolute atomic E-state index is 10.1. The molecule has 1 atom stereocenters. The van der Waals surface area contributed by atoms with Crippen molar-refractivity contribution in [1.29, 1.82) is 0 Å². The van der Waals surface area contributed by atoms with Gasteiger partial charge in [-0.3, -0.25) is 24.1 Å². The molecule has 0 aliphatic rings. The van der Waals surface area contributed by atoms with E-state index >= 15 is 0 Å². The smallest absolute Gasteiger partial charge is 0.666 e. The van der Waals surface area contributed by atoms with Gasteiger partial charge >= 0.3 is 34.7 Å². The largest absolute Gasteiger partial charge is 2.00 e. The molecule has 0 bridgehead atoms. The summed E-state index contributed by atoms with van der Waals surface area (Å²) in [5.74, 6) is -4.86. The molecule has 0 saturated heterocycles. The third-order valence-corrected chi connectivity index (χ3v) is 1.45. The SMILES string of the molecule is CC([NH-])C(=O)O.O=C(O)CN(CC(=O)O)CC(=O)O.[Co+2]. The van der Waals surface area contributed by atoms with Crippen molar-refractivity contribution in [1.82, 2.24) is 4.90 Å². The Bertz CT molecular complexity index is 309.